The average molecular weight is 360 g/mol. The number of hydrogen-bond donors (Lipinski definition) is 2. The maximum Gasteiger partial charge on any atom is 0.245 e. The molecule has 0 amide bonds. The molecule has 0 aliphatic carbocycles. The van der Waals surface area contributed by atoms with Gasteiger partial charge in [0.05, 0.1) is 24.5 Å². The number of benzene rings is 1. The smallest absolute Gasteiger partial charge is 0.245 e. The Kier molecular flexibility index (Phi) is 5.57. The molecule has 2 N–H and O–H groups in total. The highest BCUT2D eigenvalue weighted by atomic mass is 79.9. The maximum atomic E-state index is 9.86. The number of aliphatic hydroxyl groups excluding tert-OH is 1. The van der Waals surface area contributed by atoms with Gasteiger partial charge in [0.25, 0.3) is 0 Å². The van der Waals surface area contributed by atoms with Gasteiger partial charge in [0.2, 0.25) is 5.88 Å². The van der Waals surface area contributed by atoms with Crippen molar-refractivity contribution in [2.45, 2.75) is 6.10 Å². The summed E-state index contributed by atoms with van der Waals surface area (Å²) in [5, 5.41) is 13.0. The van der Waals surface area contributed by atoms with Gasteiger partial charge in [-0.25, -0.2) is 0 Å². The normalized spacial score (nSPS) is 11.9. The minimum absolute atomic E-state index is 0.148. The van der Waals surface area contributed by atoms with E-state index in [0.717, 1.165) is 21.9 Å². The van der Waals surface area contributed by atoms with Crippen LogP contribution in [0.1, 0.15) is 0 Å². The summed E-state index contributed by atoms with van der Waals surface area (Å²) in [7, 11) is 1.60. The van der Waals surface area contributed by atoms with E-state index in [1.54, 1.807) is 7.11 Å². The highest BCUT2D eigenvalue weighted by molar-refractivity contribution is 9.10. The average Bonchev–Trinajstić information content (AvgIpc) is 2.96. The first kappa shape index (κ1) is 15.0. The molecule has 0 bridgehead atoms. The van der Waals surface area contributed by atoms with Gasteiger partial charge in [-0.1, -0.05) is 15.9 Å². The molecular formula is C12H14BrN3O3S. The van der Waals surface area contributed by atoms with Gasteiger partial charge in [-0.3, -0.25) is 0 Å². The van der Waals surface area contributed by atoms with Crippen LogP contribution >= 0.6 is 27.7 Å². The Morgan fingerprint density at radius 3 is 3.05 bits per heavy atom. The topological polar surface area (TPSA) is 76.5 Å². The quantitative estimate of drug-likeness (QED) is 0.788. The van der Waals surface area contributed by atoms with Crippen molar-refractivity contribution in [1.29, 1.82) is 0 Å². The fourth-order valence-corrected chi connectivity index (χ4v) is 2.23. The number of hydrogen-bond acceptors (Lipinski definition) is 7. The van der Waals surface area contributed by atoms with Crippen molar-refractivity contribution in [3.05, 3.63) is 28.9 Å². The van der Waals surface area contributed by atoms with Gasteiger partial charge in [-0.15, -0.1) is 4.37 Å². The highest BCUT2D eigenvalue weighted by Gasteiger charge is 2.09. The Balaban J connectivity index is 1.83. The molecule has 1 unspecified atom stereocenters. The first-order valence-electron chi connectivity index (χ1n) is 5.85. The fraction of sp³-hybridized carbons (Fsp3) is 0.333. The number of halogens is 1. The number of ether oxygens (including phenoxy) is 2. The zero-order chi connectivity index (χ0) is 14.4. The molecule has 2 aromatic rings. The highest BCUT2D eigenvalue weighted by Crippen LogP contribution is 2.27. The number of rotatable bonds is 7. The van der Waals surface area contributed by atoms with E-state index >= 15 is 0 Å². The molecule has 1 aromatic heterocycles. The molecule has 6 nitrogen and oxygen atoms in total. The lowest BCUT2D eigenvalue weighted by atomic mass is 10.2. The van der Waals surface area contributed by atoms with Crippen molar-refractivity contribution in [2.75, 3.05) is 25.6 Å². The molecule has 0 spiro atoms. The summed E-state index contributed by atoms with van der Waals surface area (Å²) in [5.41, 5.74) is 0.802. The van der Waals surface area contributed by atoms with Crippen LogP contribution in [-0.4, -0.2) is 40.2 Å². The number of nitrogens with zero attached hydrogens (tertiary/aromatic N) is 2. The Hall–Kier alpha value is -1.38. The third-order valence-electron chi connectivity index (χ3n) is 2.45. The molecule has 0 radical (unpaired) electrons. The Bertz CT molecular complexity index is 539. The molecule has 0 aliphatic rings. The third-order valence-corrected chi connectivity index (χ3v) is 3.41. The summed E-state index contributed by atoms with van der Waals surface area (Å²) in [6.07, 6.45) is 0.850. The van der Waals surface area contributed by atoms with Crippen molar-refractivity contribution in [2.24, 2.45) is 0 Å². The first-order valence-corrected chi connectivity index (χ1v) is 7.37. The van der Waals surface area contributed by atoms with Crippen LogP contribution in [0, 0.1) is 0 Å². The number of nitrogens with one attached hydrogen (secondary N) is 1. The predicted molar refractivity (Wildman–Crippen MR) is 80.6 cm³/mol. The van der Waals surface area contributed by atoms with Crippen LogP contribution in [0.5, 0.6) is 11.6 Å². The van der Waals surface area contributed by atoms with Crippen molar-refractivity contribution < 1.29 is 14.6 Å². The van der Waals surface area contributed by atoms with Crippen molar-refractivity contribution >= 4 is 33.3 Å². The largest absolute Gasteiger partial charge is 0.495 e. The van der Waals surface area contributed by atoms with E-state index in [0.29, 0.717) is 18.2 Å². The van der Waals surface area contributed by atoms with Crippen LogP contribution < -0.4 is 14.8 Å². The van der Waals surface area contributed by atoms with Gasteiger partial charge in [0.15, 0.2) is 0 Å². The SMILES string of the molecule is COc1ccc(Br)cc1NCC(O)COc1cnsn1. The maximum absolute atomic E-state index is 9.86. The van der Waals surface area contributed by atoms with E-state index in [2.05, 4.69) is 30.0 Å². The molecule has 108 valence electrons. The summed E-state index contributed by atoms with van der Waals surface area (Å²) < 4.78 is 19.2. The van der Waals surface area contributed by atoms with Gasteiger partial charge >= 0.3 is 0 Å². The van der Waals surface area contributed by atoms with Gasteiger partial charge in [0.1, 0.15) is 24.7 Å². The van der Waals surface area contributed by atoms with E-state index < -0.39 is 6.10 Å². The van der Waals surface area contributed by atoms with E-state index in [9.17, 15) is 5.11 Å². The Morgan fingerprint density at radius 2 is 2.35 bits per heavy atom. The molecule has 1 aromatic carbocycles. The predicted octanol–water partition coefficient (Wildman–Crippen LogP) is 2.16. The van der Waals surface area contributed by atoms with Crippen LogP contribution in [0.15, 0.2) is 28.9 Å². The number of anilines is 1. The standard InChI is InChI=1S/C12H14BrN3O3S/c1-18-11-3-2-8(13)4-10(11)14-5-9(17)7-19-12-6-15-20-16-12/h2-4,6,9,14,17H,5,7H2,1H3. The molecule has 2 rings (SSSR count). The van der Waals surface area contributed by atoms with Crippen molar-refractivity contribution in [3.63, 3.8) is 0 Å². The summed E-state index contributed by atoms with van der Waals surface area (Å²) >= 11 is 4.46. The van der Waals surface area contributed by atoms with Crippen molar-refractivity contribution in [3.8, 4) is 11.6 Å². The summed E-state index contributed by atoms with van der Waals surface area (Å²) in [5.74, 6) is 1.14. The molecule has 8 heteroatoms. The van der Waals surface area contributed by atoms with Crippen LogP contribution in [0.2, 0.25) is 0 Å². The Labute approximate surface area is 129 Å². The molecule has 0 aliphatic heterocycles. The number of aliphatic hydroxyl groups is 1. The zero-order valence-corrected chi connectivity index (χ0v) is 13.1. The molecule has 1 atom stereocenters. The second-order valence-corrected chi connectivity index (χ2v) is 5.41. The second kappa shape index (κ2) is 7.41. The molecular weight excluding hydrogens is 346 g/mol. The molecule has 0 saturated carbocycles. The number of methoxy groups -OCH3 is 1. The van der Waals surface area contributed by atoms with E-state index in [-0.39, 0.29) is 6.61 Å². The van der Waals surface area contributed by atoms with Crippen LogP contribution in [-0.2, 0) is 0 Å². The number of aromatic nitrogens is 2. The lowest BCUT2D eigenvalue weighted by Gasteiger charge is -2.15. The van der Waals surface area contributed by atoms with Gasteiger partial charge < -0.3 is 19.9 Å². The molecule has 20 heavy (non-hydrogen) atoms. The van der Waals surface area contributed by atoms with Crippen molar-refractivity contribution in [1.82, 2.24) is 8.75 Å². The minimum Gasteiger partial charge on any atom is -0.495 e. The zero-order valence-electron chi connectivity index (χ0n) is 10.7. The minimum atomic E-state index is -0.666. The second-order valence-electron chi connectivity index (χ2n) is 3.94. The van der Waals surface area contributed by atoms with E-state index in [1.807, 2.05) is 18.2 Å². The van der Waals surface area contributed by atoms with Gasteiger partial charge in [-0.2, -0.15) is 4.37 Å². The molecule has 1 heterocycles. The summed E-state index contributed by atoms with van der Waals surface area (Å²) in [6.45, 7) is 0.485. The van der Waals surface area contributed by atoms with E-state index in [1.165, 1.54) is 6.20 Å². The molecule has 0 saturated heterocycles. The monoisotopic (exact) mass is 359 g/mol. The van der Waals surface area contributed by atoms with Gasteiger partial charge in [0, 0.05) is 11.0 Å². The molecule has 0 fully saturated rings. The summed E-state index contributed by atoms with van der Waals surface area (Å²) in [6, 6.07) is 5.62. The van der Waals surface area contributed by atoms with Gasteiger partial charge in [-0.05, 0) is 18.2 Å². The van der Waals surface area contributed by atoms with E-state index in [4.69, 9.17) is 9.47 Å². The lowest BCUT2D eigenvalue weighted by Crippen LogP contribution is -2.26. The van der Waals surface area contributed by atoms with Crippen LogP contribution in [0.4, 0.5) is 5.69 Å². The van der Waals surface area contributed by atoms with Crippen LogP contribution in [0.3, 0.4) is 0 Å². The summed E-state index contributed by atoms with van der Waals surface area (Å²) in [4.78, 5) is 0. The Morgan fingerprint density at radius 1 is 1.50 bits per heavy atom. The fourth-order valence-electron chi connectivity index (χ4n) is 1.51. The first-order chi connectivity index (χ1) is 9.69. The van der Waals surface area contributed by atoms with Crippen LogP contribution in [0.25, 0.3) is 0 Å². The third kappa shape index (κ3) is 4.32. The lowest BCUT2D eigenvalue weighted by molar-refractivity contribution is 0.115.